The fourth-order valence-electron chi connectivity index (χ4n) is 0.103. The van der Waals surface area contributed by atoms with Gasteiger partial charge in [-0.15, -0.1) is 11.6 Å². The van der Waals surface area contributed by atoms with Gasteiger partial charge in [-0.2, -0.15) is 5.26 Å². The average molecular weight is 120 g/mol. The predicted molar refractivity (Wildman–Crippen MR) is 26.9 cm³/mol. The number of nitrogens with zero attached hydrogens (tertiary/aromatic N) is 1. The lowest BCUT2D eigenvalue weighted by molar-refractivity contribution is 0.229. The molecule has 0 aliphatic rings. The standard InChI is InChI=1S/C4H6ClNO/c1-3(5)4(7)2-6/h3-4,7H,1H3/t3-,4+/m0/s1. The van der Waals surface area contributed by atoms with Gasteiger partial charge in [0.05, 0.1) is 11.4 Å². The van der Waals surface area contributed by atoms with Gasteiger partial charge < -0.3 is 5.11 Å². The third kappa shape index (κ3) is 2.44. The van der Waals surface area contributed by atoms with Crippen molar-refractivity contribution in [3.05, 3.63) is 0 Å². The van der Waals surface area contributed by atoms with Crippen LogP contribution in [0.2, 0.25) is 0 Å². The Morgan fingerprint density at radius 3 is 2.29 bits per heavy atom. The van der Waals surface area contributed by atoms with E-state index < -0.39 is 11.5 Å². The Morgan fingerprint density at radius 2 is 2.29 bits per heavy atom. The lowest BCUT2D eigenvalue weighted by atomic mass is 10.3. The summed E-state index contributed by atoms with van der Waals surface area (Å²) in [4.78, 5) is 0. The summed E-state index contributed by atoms with van der Waals surface area (Å²) in [7, 11) is 0. The Bertz CT molecular complexity index is 86.2. The van der Waals surface area contributed by atoms with Crippen LogP contribution in [0.4, 0.5) is 0 Å². The van der Waals surface area contributed by atoms with Crippen molar-refractivity contribution in [2.24, 2.45) is 0 Å². The summed E-state index contributed by atoms with van der Waals surface area (Å²) in [5, 5.41) is 15.9. The minimum atomic E-state index is -1.03. The highest BCUT2D eigenvalue weighted by atomic mass is 35.5. The van der Waals surface area contributed by atoms with Crippen molar-refractivity contribution >= 4 is 11.6 Å². The Morgan fingerprint density at radius 1 is 1.86 bits per heavy atom. The zero-order valence-electron chi connectivity index (χ0n) is 3.93. The number of aliphatic hydroxyl groups excluding tert-OH is 1. The highest BCUT2D eigenvalue weighted by molar-refractivity contribution is 6.20. The van der Waals surface area contributed by atoms with Gasteiger partial charge in [0.2, 0.25) is 0 Å². The summed E-state index contributed by atoms with van der Waals surface area (Å²) in [6, 6.07) is 1.59. The van der Waals surface area contributed by atoms with Crippen molar-refractivity contribution in [1.82, 2.24) is 0 Å². The molecule has 0 spiro atoms. The topological polar surface area (TPSA) is 44.0 Å². The van der Waals surface area contributed by atoms with Crippen LogP contribution in [0.25, 0.3) is 0 Å². The van der Waals surface area contributed by atoms with Gasteiger partial charge in [0.25, 0.3) is 0 Å². The molecular weight excluding hydrogens is 114 g/mol. The molecule has 40 valence electrons. The van der Waals surface area contributed by atoms with E-state index in [0.29, 0.717) is 0 Å². The first-order chi connectivity index (χ1) is 3.18. The molecule has 0 heterocycles. The van der Waals surface area contributed by atoms with Crippen molar-refractivity contribution in [3.8, 4) is 6.07 Å². The molecule has 2 atom stereocenters. The van der Waals surface area contributed by atoms with Gasteiger partial charge in [-0.1, -0.05) is 0 Å². The molecule has 0 aromatic carbocycles. The van der Waals surface area contributed by atoms with E-state index >= 15 is 0 Å². The van der Waals surface area contributed by atoms with Crippen molar-refractivity contribution in [3.63, 3.8) is 0 Å². The summed E-state index contributed by atoms with van der Waals surface area (Å²) < 4.78 is 0. The monoisotopic (exact) mass is 119 g/mol. The smallest absolute Gasteiger partial charge is 0.156 e. The number of hydrogen-bond acceptors (Lipinski definition) is 2. The molecule has 0 amide bonds. The molecule has 0 aliphatic heterocycles. The lowest BCUT2D eigenvalue weighted by Gasteiger charge is -1.99. The second-order valence-corrected chi connectivity index (χ2v) is 1.94. The van der Waals surface area contributed by atoms with Crippen LogP contribution in [-0.4, -0.2) is 16.6 Å². The van der Waals surface area contributed by atoms with Crippen LogP contribution in [0.5, 0.6) is 0 Å². The van der Waals surface area contributed by atoms with Crippen LogP contribution in [-0.2, 0) is 0 Å². The third-order valence-corrected chi connectivity index (χ3v) is 0.806. The van der Waals surface area contributed by atoms with E-state index in [-0.39, 0.29) is 0 Å². The van der Waals surface area contributed by atoms with Crippen LogP contribution >= 0.6 is 11.6 Å². The van der Waals surface area contributed by atoms with E-state index in [2.05, 4.69) is 0 Å². The molecule has 1 N–H and O–H groups in total. The SMILES string of the molecule is C[C@H](Cl)[C@H](O)C#N. The molecule has 0 aromatic heterocycles. The molecule has 0 rings (SSSR count). The van der Waals surface area contributed by atoms with Crippen molar-refractivity contribution < 1.29 is 5.11 Å². The van der Waals surface area contributed by atoms with Gasteiger partial charge in [-0.3, -0.25) is 0 Å². The molecule has 0 saturated heterocycles. The zero-order valence-corrected chi connectivity index (χ0v) is 4.68. The molecule has 0 fully saturated rings. The molecule has 0 aliphatic carbocycles. The molecule has 0 radical (unpaired) electrons. The molecule has 0 saturated carbocycles. The van der Waals surface area contributed by atoms with E-state index in [9.17, 15) is 0 Å². The van der Waals surface area contributed by atoms with Gasteiger partial charge in [0, 0.05) is 0 Å². The number of nitriles is 1. The van der Waals surface area contributed by atoms with E-state index in [1.165, 1.54) is 0 Å². The van der Waals surface area contributed by atoms with Crippen LogP contribution in [0.15, 0.2) is 0 Å². The summed E-state index contributed by atoms with van der Waals surface area (Å²) in [5.41, 5.74) is 0. The van der Waals surface area contributed by atoms with E-state index in [1.807, 2.05) is 0 Å². The van der Waals surface area contributed by atoms with Crippen LogP contribution < -0.4 is 0 Å². The highest BCUT2D eigenvalue weighted by Crippen LogP contribution is 1.97. The van der Waals surface area contributed by atoms with E-state index in [0.717, 1.165) is 0 Å². The zero-order chi connectivity index (χ0) is 5.86. The first-order valence-corrected chi connectivity index (χ1v) is 2.34. The fourth-order valence-corrected chi connectivity index (χ4v) is 0.159. The normalized spacial score (nSPS) is 17.4. The van der Waals surface area contributed by atoms with Gasteiger partial charge in [-0.05, 0) is 6.92 Å². The van der Waals surface area contributed by atoms with Crippen LogP contribution in [0, 0.1) is 11.3 Å². The summed E-state index contributed by atoms with van der Waals surface area (Å²) in [5.74, 6) is 0. The quantitative estimate of drug-likeness (QED) is 0.404. The maximum Gasteiger partial charge on any atom is 0.156 e. The molecule has 2 nitrogen and oxygen atoms in total. The number of alkyl halides is 1. The minimum absolute atomic E-state index is 0.468. The Balaban J connectivity index is 3.40. The molecule has 3 heteroatoms. The Labute approximate surface area is 47.3 Å². The molecular formula is C4H6ClNO. The third-order valence-electron chi connectivity index (χ3n) is 0.567. The maximum atomic E-state index is 8.44. The first-order valence-electron chi connectivity index (χ1n) is 1.90. The number of hydrogen-bond donors (Lipinski definition) is 1. The largest absolute Gasteiger partial charge is 0.377 e. The van der Waals surface area contributed by atoms with Gasteiger partial charge in [0.1, 0.15) is 0 Å². The summed E-state index contributed by atoms with van der Waals surface area (Å²) in [6.07, 6.45) is -1.03. The average Bonchev–Trinajstić information content (AvgIpc) is 1.65. The van der Waals surface area contributed by atoms with Crippen molar-refractivity contribution in [2.75, 3.05) is 0 Å². The van der Waals surface area contributed by atoms with Crippen molar-refractivity contribution in [2.45, 2.75) is 18.4 Å². The number of rotatable bonds is 1. The number of aliphatic hydroxyl groups is 1. The van der Waals surface area contributed by atoms with E-state index in [1.54, 1.807) is 13.0 Å². The first kappa shape index (κ1) is 6.74. The van der Waals surface area contributed by atoms with Crippen molar-refractivity contribution in [1.29, 1.82) is 5.26 Å². The summed E-state index contributed by atoms with van der Waals surface area (Å²) >= 11 is 5.26. The van der Waals surface area contributed by atoms with E-state index in [4.69, 9.17) is 22.0 Å². The molecule has 0 bridgehead atoms. The second-order valence-electron chi connectivity index (χ2n) is 1.25. The minimum Gasteiger partial charge on any atom is -0.377 e. The number of halogens is 1. The molecule has 0 unspecified atom stereocenters. The highest BCUT2D eigenvalue weighted by Gasteiger charge is 2.06. The predicted octanol–water partition coefficient (Wildman–Crippen LogP) is 0.498. The van der Waals surface area contributed by atoms with Gasteiger partial charge in [0.15, 0.2) is 6.10 Å². The summed E-state index contributed by atoms with van der Waals surface area (Å²) in [6.45, 7) is 1.56. The molecule has 7 heavy (non-hydrogen) atoms. The second kappa shape index (κ2) is 2.84. The lowest BCUT2D eigenvalue weighted by Crippen LogP contribution is -2.13. The van der Waals surface area contributed by atoms with Crippen LogP contribution in [0.3, 0.4) is 0 Å². The Hall–Kier alpha value is -0.260. The maximum absolute atomic E-state index is 8.44. The Kier molecular flexibility index (Phi) is 2.73. The fraction of sp³-hybridized carbons (Fsp3) is 0.750. The molecule has 0 aromatic rings. The van der Waals surface area contributed by atoms with Crippen LogP contribution in [0.1, 0.15) is 6.92 Å². The van der Waals surface area contributed by atoms with Gasteiger partial charge in [-0.25, -0.2) is 0 Å². The van der Waals surface area contributed by atoms with Gasteiger partial charge >= 0.3 is 0 Å².